The first-order chi connectivity index (χ1) is 11.4. The Hall–Kier alpha value is -1.39. The van der Waals surface area contributed by atoms with Crippen molar-refractivity contribution in [3.63, 3.8) is 0 Å². The van der Waals surface area contributed by atoms with E-state index in [0.717, 1.165) is 56.1 Å². The van der Waals surface area contributed by atoms with Gasteiger partial charge < -0.3 is 14.3 Å². The van der Waals surface area contributed by atoms with Crippen LogP contribution < -0.4 is 0 Å². The molecule has 1 saturated heterocycles. The van der Waals surface area contributed by atoms with Crippen molar-refractivity contribution >= 4 is 5.97 Å². The maximum absolute atomic E-state index is 13.0. The topological polar surface area (TPSA) is 46.5 Å². The molecular weight excluding hydrogens is 302 g/mol. The number of ether oxygens (including phenoxy) is 1. The SMILES string of the molecule is C[N+]1(C)CCC(OC(=O)C(O)(c2ccccc2)C2CCCC2)CC1. The minimum absolute atomic E-state index is 0.0387. The molecule has 3 rings (SSSR count). The van der Waals surface area contributed by atoms with Crippen LogP contribution in [0.3, 0.4) is 0 Å². The standard InChI is InChI=1S/C20H30NO3/c1-21(2)14-12-18(13-15-21)24-19(22)20(23,17-10-6-7-11-17)16-8-4-3-5-9-16/h3-5,8-9,17-18,23H,6-7,10-15H2,1-2H3/q+1. The molecule has 4 heteroatoms. The first-order valence-corrected chi connectivity index (χ1v) is 9.23. The van der Waals surface area contributed by atoms with Gasteiger partial charge in [0.2, 0.25) is 0 Å². The predicted octanol–water partition coefficient (Wildman–Crippen LogP) is 2.85. The first-order valence-electron chi connectivity index (χ1n) is 9.23. The largest absolute Gasteiger partial charge is 0.460 e. The van der Waals surface area contributed by atoms with Gasteiger partial charge in [-0.05, 0) is 18.4 Å². The third-order valence-corrected chi connectivity index (χ3v) is 5.86. The Balaban J connectivity index is 1.77. The van der Waals surface area contributed by atoms with Gasteiger partial charge in [-0.25, -0.2) is 4.79 Å². The van der Waals surface area contributed by atoms with E-state index in [4.69, 9.17) is 4.74 Å². The van der Waals surface area contributed by atoms with Crippen LogP contribution in [0.4, 0.5) is 0 Å². The van der Waals surface area contributed by atoms with Gasteiger partial charge in [0.05, 0.1) is 27.2 Å². The minimum atomic E-state index is -1.50. The van der Waals surface area contributed by atoms with Crippen molar-refractivity contribution < 1.29 is 19.1 Å². The van der Waals surface area contributed by atoms with E-state index in [0.29, 0.717) is 5.56 Å². The Bertz CT molecular complexity index is 556. The molecule has 1 N–H and O–H groups in total. The minimum Gasteiger partial charge on any atom is -0.460 e. The number of hydrogen-bond donors (Lipinski definition) is 1. The Kier molecular flexibility index (Phi) is 4.97. The van der Waals surface area contributed by atoms with Crippen molar-refractivity contribution in [3.05, 3.63) is 35.9 Å². The molecule has 132 valence electrons. The molecule has 2 fully saturated rings. The molecule has 1 heterocycles. The highest BCUT2D eigenvalue weighted by Gasteiger charge is 2.48. The number of piperidine rings is 1. The molecule has 1 atom stereocenters. The van der Waals surface area contributed by atoms with Crippen LogP contribution in [0.25, 0.3) is 0 Å². The lowest BCUT2D eigenvalue weighted by Gasteiger charge is -2.38. The van der Waals surface area contributed by atoms with E-state index in [9.17, 15) is 9.90 Å². The Morgan fingerprint density at radius 2 is 1.67 bits per heavy atom. The van der Waals surface area contributed by atoms with E-state index in [2.05, 4.69) is 14.1 Å². The maximum atomic E-state index is 13.0. The number of aliphatic hydroxyl groups is 1. The molecule has 2 aliphatic rings. The first kappa shape index (κ1) is 17.4. The van der Waals surface area contributed by atoms with Crippen molar-refractivity contribution in [2.24, 2.45) is 5.92 Å². The highest BCUT2D eigenvalue weighted by atomic mass is 16.6. The molecule has 1 unspecified atom stereocenters. The van der Waals surface area contributed by atoms with Crippen molar-refractivity contribution in [1.29, 1.82) is 0 Å². The maximum Gasteiger partial charge on any atom is 0.343 e. The summed E-state index contributed by atoms with van der Waals surface area (Å²) in [5.74, 6) is -0.485. The Labute approximate surface area is 145 Å². The third kappa shape index (κ3) is 3.50. The van der Waals surface area contributed by atoms with Gasteiger partial charge in [0.15, 0.2) is 5.60 Å². The lowest BCUT2D eigenvalue weighted by molar-refractivity contribution is -0.896. The summed E-state index contributed by atoms with van der Waals surface area (Å²) in [5.41, 5.74) is -0.826. The Morgan fingerprint density at radius 1 is 1.08 bits per heavy atom. The molecule has 1 aromatic rings. The van der Waals surface area contributed by atoms with Crippen LogP contribution in [0.5, 0.6) is 0 Å². The van der Waals surface area contributed by atoms with Gasteiger partial charge in [0, 0.05) is 18.8 Å². The molecule has 0 amide bonds. The van der Waals surface area contributed by atoms with E-state index in [1.807, 2.05) is 30.3 Å². The average molecular weight is 332 g/mol. The molecule has 1 aliphatic carbocycles. The second-order valence-corrected chi connectivity index (χ2v) is 8.10. The van der Waals surface area contributed by atoms with Crippen LogP contribution >= 0.6 is 0 Å². The predicted molar refractivity (Wildman–Crippen MR) is 93.3 cm³/mol. The fourth-order valence-electron chi connectivity index (χ4n) is 4.16. The van der Waals surface area contributed by atoms with E-state index in [1.165, 1.54) is 0 Å². The summed E-state index contributed by atoms with van der Waals surface area (Å²) in [7, 11) is 4.41. The number of rotatable bonds is 4. The van der Waals surface area contributed by atoms with Gasteiger partial charge in [-0.15, -0.1) is 0 Å². The molecule has 1 aliphatic heterocycles. The van der Waals surface area contributed by atoms with Crippen molar-refractivity contribution in [1.82, 2.24) is 0 Å². The van der Waals surface area contributed by atoms with Crippen LogP contribution in [-0.4, -0.2) is 48.8 Å². The second-order valence-electron chi connectivity index (χ2n) is 8.10. The number of esters is 1. The fourth-order valence-corrected chi connectivity index (χ4v) is 4.16. The summed E-state index contributed by atoms with van der Waals surface area (Å²) < 4.78 is 6.79. The zero-order chi connectivity index (χ0) is 17.2. The molecular formula is C20H30NO3+. The number of carbonyl (C=O) groups excluding carboxylic acids is 1. The molecule has 1 saturated carbocycles. The van der Waals surface area contributed by atoms with Crippen LogP contribution in [-0.2, 0) is 15.1 Å². The zero-order valence-electron chi connectivity index (χ0n) is 14.9. The number of likely N-dealkylation sites (tertiary alicyclic amines) is 1. The molecule has 0 radical (unpaired) electrons. The number of carbonyl (C=O) groups is 1. The van der Waals surface area contributed by atoms with E-state index in [-0.39, 0.29) is 12.0 Å². The monoisotopic (exact) mass is 332 g/mol. The van der Waals surface area contributed by atoms with Crippen LogP contribution in [0.15, 0.2) is 30.3 Å². The molecule has 24 heavy (non-hydrogen) atoms. The number of quaternary nitrogens is 1. The van der Waals surface area contributed by atoms with Crippen LogP contribution in [0.2, 0.25) is 0 Å². The molecule has 0 bridgehead atoms. The smallest absolute Gasteiger partial charge is 0.343 e. The zero-order valence-corrected chi connectivity index (χ0v) is 14.9. The van der Waals surface area contributed by atoms with E-state index in [1.54, 1.807) is 0 Å². The highest BCUT2D eigenvalue weighted by Crippen LogP contribution is 2.42. The summed E-state index contributed by atoms with van der Waals surface area (Å²) in [6.07, 6.45) is 5.58. The van der Waals surface area contributed by atoms with E-state index >= 15 is 0 Å². The normalized spacial score (nSPS) is 24.5. The summed E-state index contributed by atoms with van der Waals surface area (Å²) in [6.45, 7) is 2.01. The molecule has 4 nitrogen and oxygen atoms in total. The average Bonchev–Trinajstić information content (AvgIpc) is 3.12. The van der Waals surface area contributed by atoms with Gasteiger partial charge >= 0.3 is 5.97 Å². The van der Waals surface area contributed by atoms with Gasteiger partial charge in [0.25, 0.3) is 0 Å². The van der Waals surface area contributed by atoms with Gasteiger partial charge in [-0.3, -0.25) is 0 Å². The second kappa shape index (κ2) is 6.85. The third-order valence-electron chi connectivity index (χ3n) is 5.86. The van der Waals surface area contributed by atoms with Crippen molar-refractivity contribution in [2.75, 3.05) is 27.2 Å². The van der Waals surface area contributed by atoms with Gasteiger partial charge in [-0.1, -0.05) is 43.2 Å². The summed E-state index contributed by atoms with van der Waals surface area (Å²) in [4.78, 5) is 13.0. The van der Waals surface area contributed by atoms with Crippen molar-refractivity contribution in [2.45, 2.75) is 50.2 Å². The van der Waals surface area contributed by atoms with Gasteiger partial charge in [0.1, 0.15) is 6.10 Å². The number of benzene rings is 1. The molecule has 1 aromatic carbocycles. The fraction of sp³-hybridized carbons (Fsp3) is 0.650. The summed E-state index contributed by atoms with van der Waals surface area (Å²) in [6, 6.07) is 9.36. The molecule has 0 spiro atoms. The lowest BCUT2D eigenvalue weighted by atomic mass is 9.80. The lowest BCUT2D eigenvalue weighted by Crippen LogP contribution is -2.50. The van der Waals surface area contributed by atoms with Crippen LogP contribution in [0, 0.1) is 5.92 Å². The summed E-state index contributed by atoms with van der Waals surface area (Å²) in [5, 5.41) is 11.4. The number of nitrogens with zero attached hydrogens (tertiary/aromatic N) is 1. The Morgan fingerprint density at radius 3 is 2.25 bits per heavy atom. The quantitative estimate of drug-likeness (QED) is 0.681. The highest BCUT2D eigenvalue weighted by molar-refractivity contribution is 5.81. The van der Waals surface area contributed by atoms with Crippen molar-refractivity contribution in [3.8, 4) is 0 Å². The number of hydrogen-bond acceptors (Lipinski definition) is 3. The van der Waals surface area contributed by atoms with Gasteiger partial charge in [-0.2, -0.15) is 0 Å². The van der Waals surface area contributed by atoms with Crippen LogP contribution in [0.1, 0.15) is 44.1 Å². The molecule has 0 aromatic heterocycles. The van der Waals surface area contributed by atoms with E-state index < -0.39 is 11.6 Å². The summed E-state index contributed by atoms with van der Waals surface area (Å²) >= 11 is 0.